The van der Waals surface area contributed by atoms with E-state index >= 15 is 0 Å². The third kappa shape index (κ3) is 12.3. The molecule has 308 valence electrons. The third-order valence-electron chi connectivity index (χ3n) is 9.61. The zero-order valence-corrected chi connectivity index (χ0v) is 32.9. The van der Waals surface area contributed by atoms with Crippen molar-refractivity contribution in [2.24, 2.45) is 22.2 Å². The van der Waals surface area contributed by atoms with Crippen LogP contribution in [0.15, 0.2) is 78.3 Å². The van der Waals surface area contributed by atoms with Gasteiger partial charge in [0.25, 0.3) is 0 Å². The zero-order valence-electron chi connectivity index (χ0n) is 32.1. The monoisotopic (exact) mass is 814 g/mol. The molecule has 1 fully saturated rings. The van der Waals surface area contributed by atoms with Gasteiger partial charge in [0, 0.05) is 80.1 Å². The summed E-state index contributed by atoms with van der Waals surface area (Å²) in [6, 6.07) is 11.6. The Morgan fingerprint density at radius 2 is 1.69 bits per heavy atom. The molecule has 1 aliphatic rings. The largest absolute Gasteiger partial charge is 0.370 e. The highest BCUT2D eigenvalue weighted by Crippen LogP contribution is 2.22. The number of imidazole rings is 1. The predicted molar refractivity (Wildman–Crippen MR) is 220 cm³/mol. The molecule has 5 atom stereocenters. The zero-order chi connectivity index (χ0) is 41.6. The van der Waals surface area contributed by atoms with E-state index in [0.29, 0.717) is 18.5 Å². The standard InChI is InChI=1S/C39H50N12O6S/c1-23(52)47-31(16-27-18-43-22-46-27)37(56)49-30(14-24-8-3-2-4-9-24)36(55)50-32-20-58-21-34(53)51(19-26(48-38(32)57)10-7-13-44-39(41)42)33(35(40)54)15-25-17-45-29-12-6-5-11-28(25)29/h2-6,8-9,11-12,17-18,22,26,30-33,45H,7,10,13-16,19-21H2,1H3,(H2,40,54)(H,43,46)(H,47,52)(H,48,57)(H,49,56)(H,50,55)(H4,41,42,44)/t26-,30+,31-,32-,33-/m0/s1. The lowest BCUT2D eigenvalue weighted by Gasteiger charge is -2.35. The molecule has 0 aliphatic carbocycles. The summed E-state index contributed by atoms with van der Waals surface area (Å²) in [6.07, 6.45) is 5.79. The summed E-state index contributed by atoms with van der Waals surface area (Å²) in [5, 5.41) is 12.1. The summed E-state index contributed by atoms with van der Waals surface area (Å²) in [6.45, 7) is 1.47. The maximum atomic E-state index is 14.1. The van der Waals surface area contributed by atoms with E-state index in [1.807, 2.05) is 30.3 Å². The minimum absolute atomic E-state index is 0.0120. The fourth-order valence-electron chi connectivity index (χ4n) is 6.77. The van der Waals surface area contributed by atoms with Crippen LogP contribution in [-0.2, 0) is 48.0 Å². The average molecular weight is 815 g/mol. The third-order valence-corrected chi connectivity index (χ3v) is 10.6. The number of guanidine groups is 1. The Labute approximate surface area is 339 Å². The minimum atomic E-state index is -1.16. The van der Waals surface area contributed by atoms with Crippen molar-refractivity contribution >= 4 is 64.1 Å². The number of primary amides is 1. The van der Waals surface area contributed by atoms with Crippen molar-refractivity contribution in [1.82, 2.24) is 41.1 Å². The quantitative estimate of drug-likeness (QED) is 0.0369. The maximum Gasteiger partial charge on any atom is 0.243 e. The number of carbonyl (C=O) groups excluding carboxylic acids is 6. The molecule has 2 aromatic heterocycles. The lowest BCUT2D eigenvalue weighted by atomic mass is 10.0. The number of hydrogen-bond acceptors (Lipinski definition) is 9. The Morgan fingerprint density at radius 1 is 0.948 bits per heavy atom. The van der Waals surface area contributed by atoms with Gasteiger partial charge in [0.2, 0.25) is 35.4 Å². The number of amides is 6. The summed E-state index contributed by atoms with van der Waals surface area (Å²) < 4.78 is 0. The van der Waals surface area contributed by atoms with Crippen molar-refractivity contribution in [3.63, 3.8) is 0 Å². The van der Waals surface area contributed by atoms with Gasteiger partial charge in [0.1, 0.15) is 24.2 Å². The second kappa shape index (κ2) is 20.7. The number of benzene rings is 2. The van der Waals surface area contributed by atoms with Crippen molar-refractivity contribution in [2.45, 2.75) is 69.2 Å². The van der Waals surface area contributed by atoms with Crippen LogP contribution >= 0.6 is 11.8 Å². The predicted octanol–water partition coefficient (Wildman–Crippen LogP) is -0.639. The number of nitrogens with one attached hydrogen (secondary N) is 6. The van der Waals surface area contributed by atoms with E-state index < -0.39 is 59.7 Å². The highest BCUT2D eigenvalue weighted by molar-refractivity contribution is 8.00. The van der Waals surface area contributed by atoms with Gasteiger partial charge < -0.3 is 53.3 Å². The van der Waals surface area contributed by atoms with Gasteiger partial charge in [-0.25, -0.2) is 4.98 Å². The first-order valence-corrected chi connectivity index (χ1v) is 20.0. The Kier molecular flexibility index (Phi) is 15.3. The number of aromatic amines is 2. The number of nitrogens with two attached hydrogens (primary N) is 3. The molecule has 19 heteroatoms. The van der Waals surface area contributed by atoms with Crippen molar-refractivity contribution in [1.29, 1.82) is 0 Å². The maximum absolute atomic E-state index is 14.1. The Morgan fingerprint density at radius 3 is 2.40 bits per heavy atom. The second-order valence-electron chi connectivity index (χ2n) is 14.0. The van der Waals surface area contributed by atoms with E-state index in [1.54, 1.807) is 30.5 Å². The Balaban J connectivity index is 1.36. The summed E-state index contributed by atoms with van der Waals surface area (Å²) in [7, 11) is 0. The first kappa shape index (κ1) is 42.8. The topological polar surface area (TPSA) is 289 Å². The highest BCUT2D eigenvalue weighted by atomic mass is 32.2. The molecule has 0 radical (unpaired) electrons. The van der Waals surface area contributed by atoms with Gasteiger partial charge in [-0.05, 0) is 30.0 Å². The van der Waals surface area contributed by atoms with Gasteiger partial charge in [-0.3, -0.25) is 33.8 Å². The number of H-pyrrole nitrogens is 2. The summed E-state index contributed by atoms with van der Waals surface area (Å²) in [5.74, 6) is -3.55. The number of fused-ring (bicyclic) bond motifs is 1. The molecule has 0 unspecified atom stereocenters. The summed E-state index contributed by atoms with van der Waals surface area (Å²) in [4.78, 5) is 96.5. The first-order valence-electron chi connectivity index (χ1n) is 18.8. The highest BCUT2D eigenvalue weighted by Gasteiger charge is 2.35. The molecule has 58 heavy (non-hydrogen) atoms. The molecular weight excluding hydrogens is 765 g/mol. The van der Waals surface area contributed by atoms with Crippen LogP contribution in [0.1, 0.15) is 36.6 Å². The van der Waals surface area contributed by atoms with Crippen molar-refractivity contribution in [3.05, 3.63) is 90.1 Å². The molecule has 1 saturated heterocycles. The van der Waals surface area contributed by atoms with E-state index in [0.717, 1.165) is 33.8 Å². The van der Waals surface area contributed by atoms with Crippen LogP contribution < -0.4 is 38.5 Å². The fraction of sp³-hybridized carbons (Fsp3) is 0.385. The minimum Gasteiger partial charge on any atom is -0.370 e. The summed E-state index contributed by atoms with van der Waals surface area (Å²) in [5.41, 5.74) is 20.0. The smallest absolute Gasteiger partial charge is 0.243 e. The van der Waals surface area contributed by atoms with Crippen LogP contribution in [0.4, 0.5) is 0 Å². The number of nitrogens with zero attached hydrogens (tertiary/aromatic N) is 3. The van der Waals surface area contributed by atoms with Crippen LogP contribution in [0, 0.1) is 0 Å². The van der Waals surface area contributed by atoms with Crippen molar-refractivity contribution < 1.29 is 28.8 Å². The van der Waals surface area contributed by atoms with Crippen molar-refractivity contribution in [2.75, 3.05) is 24.6 Å². The van der Waals surface area contributed by atoms with E-state index in [4.69, 9.17) is 17.2 Å². The fourth-order valence-corrected chi connectivity index (χ4v) is 7.70. The van der Waals surface area contributed by atoms with Gasteiger partial charge in [-0.2, -0.15) is 0 Å². The molecule has 12 N–H and O–H groups in total. The molecule has 0 spiro atoms. The second-order valence-corrected chi connectivity index (χ2v) is 15.1. The van der Waals surface area contributed by atoms with E-state index in [1.165, 1.54) is 24.3 Å². The van der Waals surface area contributed by atoms with Gasteiger partial charge in [-0.1, -0.05) is 48.5 Å². The number of para-hydroxylation sites is 1. The molecule has 0 saturated carbocycles. The van der Waals surface area contributed by atoms with Gasteiger partial charge >= 0.3 is 0 Å². The van der Waals surface area contributed by atoms with Gasteiger partial charge in [0.15, 0.2) is 5.96 Å². The van der Waals surface area contributed by atoms with E-state index in [9.17, 15) is 28.8 Å². The van der Waals surface area contributed by atoms with E-state index in [-0.39, 0.29) is 55.7 Å². The molecular formula is C39H50N12O6S. The normalized spacial score (nSPS) is 17.6. The molecule has 18 nitrogen and oxygen atoms in total. The number of hydrogen-bond donors (Lipinski definition) is 9. The SMILES string of the molecule is CC(=O)N[C@@H](Cc1cnc[nH]1)C(=O)N[C@H](Cc1ccccc1)C(=O)N[C@H]1CSCC(=O)N([C@@H](Cc2c[nH]c3ccccc23)C(N)=O)C[C@H](CCCN=C(N)N)NC1=O. The van der Waals surface area contributed by atoms with Crippen LogP contribution in [0.25, 0.3) is 10.9 Å². The molecule has 1 aliphatic heterocycles. The van der Waals surface area contributed by atoms with Crippen LogP contribution in [0.2, 0.25) is 0 Å². The van der Waals surface area contributed by atoms with Crippen LogP contribution in [0.5, 0.6) is 0 Å². The van der Waals surface area contributed by atoms with E-state index in [2.05, 4.69) is 41.2 Å². The lowest BCUT2D eigenvalue weighted by molar-refractivity contribution is -0.138. The molecule has 0 bridgehead atoms. The molecule has 3 heterocycles. The van der Waals surface area contributed by atoms with Crippen molar-refractivity contribution in [3.8, 4) is 0 Å². The lowest BCUT2D eigenvalue weighted by Crippen LogP contribution is -2.60. The Bertz CT molecular complexity index is 2070. The number of aromatic nitrogens is 3. The number of rotatable bonds is 17. The molecule has 4 aromatic rings. The number of thioether (sulfide) groups is 1. The molecule has 5 rings (SSSR count). The number of aliphatic imine (C=N–C) groups is 1. The molecule has 6 amide bonds. The molecule has 2 aromatic carbocycles. The Hall–Kier alpha value is -6.37. The van der Waals surface area contributed by atoms with Crippen LogP contribution in [-0.4, -0.2) is 116 Å². The van der Waals surface area contributed by atoms with Gasteiger partial charge in [-0.15, -0.1) is 11.8 Å². The van der Waals surface area contributed by atoms with Crippen LogP contribution in [0.3, 0.4) is 0 Å². The van der Waals surface area contributed by atoms with Gasteiger partial charge in [0.05, 0.1) is 12.1 Å². The average Bonchev–Trinajstić information content (AvgIpc) is 3.86. The number of carbonyl (C=O) groups is 6. The first-order chi connectivity index (χ1) is 27.9. The summed E-state index contributed by atoms with van der Waals surface area (Å²) >= 11 is 1.11.